The van der Waals surface area contributed by atoms with Gasteiger partial charge in [0, 0.05) is 5.02 Å². The molecule has 0 aliphatic carbocycles. The monoisotopic (exact) mass is 280 g/mol. The standard InChI is InChI=1S/C14H10Cl2O2/c1-9-4-2-3-5-12(9)18-13-7-6-10(15)8-11(13)14(16)17/h2-8H,1H3. The highest BCUT2D eigenvalue weighted by Gasteiger charge is 2.12. The summed E-state index contributed by atoms with van der Waals surface area (Å²) in [5.41, 5.74) is 1.23. The van der Waals surface area contributed by atoms with Crippen LogP contribution in [0, 0.1) is 6.92 Å². The summed E-state index contributed by atoms with van der Waals surface area (Å²) in [6, 6.07) is 12.3. The van der Waals surface area contributed by atoms with Gasteiger partial charge in [0.1, 0.15) is 11.5 Å². The van der Waals surface area contributed by atoms with E-state index in [9.17, 15) is 4.79 Å². The van der Waals surface area contributed by atoms with Crippen molar-refractivity contribution in [2.75, 3.05) is 0 Å². The second kappa shape index (κ2) is 5.42. The number of hydrogen-bond donors (Lipinski definition) is 0. The third kappa shape index (κ3) is 2.84. The minimum Gasteiger partial charge on any atom is -0.456 e. The average molecular weight is 281 g/mol. The topological polar surface area (TPSA) is 26.3 Å². The van der Waals surface area contributed by atoms with Gasteiger partial charge in [-0.1, -0.05) is 29.8 Å². The molecule has 0 aromatic heterocycles. The lowest BCUT2D eigenvalue weighted by atomic mass is 10.2. The van der Waals surface area contributed by atoms with E-state index in [1.165, 1.54) is 6.07 Å². The molecular formula is C14H10Cl2O2. The van der Waals surface area contributed by atoms with Gasteiger partial charge in [-0.05, 0) is 48.4 Å². The second-order valence-electron chi connectivity index (χ2n) is 3.78. The lowest BCUT2D eigenvalue weighted by molar-refractivity contribution is 0.107. The molecule has 0 unspecified atom stereocenters. The number of carbonyl (C=O) groups excluding carboxylic acids is 1. The lowest BCUT2D eigenvalue weighted by Crippen LogP contribution is -1.96. The highest BCUT2D eigenvalue weighted by molar-refractivity contribution is 6.68. The van der Waals surface area contributed by atoms with Gasteiger partial charge < -0.3 is 4.74 Å². The van der Waals surface area contributed by atoms with Crippen molar-refractivity contribution in [3.05, 3.63) is 58.6 Å². The predicted molar refractivity (Wildman–Crippen MR) is 72.9 cm³/mol. The Morgan fingerprint density at radius 2 is 1.83 bits per heavy atom. The van der Waals surface area contributed by atoms with E-state index in [0.29, 0.717) is 16.5 Å². The molecule has 2 aromatic rings. The van der Waals surface area contributed by atoms with Gasteiger partial charge in [0.25, 0.3) is 5.24 Å². The summed E-state index contributed by atoms with van der Waals surface area (Å²) in [5, 5.41) is -0.155. The van der Waals surface area contributed by atoms with Crippen LogP contribution in [0.4, 0.5) is 0 Å². The van der Waals surface area contributed by atoms with Crippen molar-refractivity contribution in [3.8, 4) is 11.5 Å². The molecule has 2 rings (SSSR count). The number of halogens is 2. The molecule has 0 N–H and O–H groups in total. The molecule has 0 atom stereocenters. The summed E-state index contributed by atoms with van der Waals surface area (Å²) in [5.74, 6) is 1.08. The molecule has 0 aliphatic heterocycles. The van der Waals surface area contributed by atoms with Crippen LogP contribution in [-0.2, 0) is 0 Å². The van der Waals surface area contributed by atoms with Crippen molar-refractivity contribution in [1.29, 1.82) is 0 Å². The number of para-hydroxylation sites is 1. The van der Waals surface area contributed by atoms with Gasteiger partial charge in [0.05, 0.1) is 5.56 Å². The Morgan fingerprint density at radius 3 is 2.50 bits per heavy atom. The molecule has 92 valence electrons. The van der Waals surface area contributed by atoms with E-state index >= 15 is 0 Å². The van der Waals surface area contributed by atoms with Gasteiger partial charge in [-0.2, -0.15) is 0 Å². The molecule has 0 aliphatic rings. The van der Waals surface area contributed by atoms with Gasteiger partial charge >= 0.3 is 0 Å². The van der Waals surface area contributed by atoms with Crippen LogP contribution >= 0.6 is 23.2 Å². The van der Waals surface area contributed by atoms with Gasteiger partial charge in [-0.3, -0.25) is 4.79 Å². The van der Waals surface area contributed by atoms with E-state index in [1.54, 1.807) is 12.1 Å². The first-order valence-electron chi connectivity index (χ1n) is 5.31. The molecule has 2 nitrogen and oxygen atoms in total. The first kappa shape index (κ1) is 12.9. The maximum absolute atomic E-state index is 11.3. The van der Waals surface area contributed by atoms with Crippen molar-refractivity contribution >= 4 is 28.4 Å². The zero-order chi connectivity index (χ0) is 13.1. The Kier molecular flexibility index (Phi) is 3.90. The molecule has 0 radical (unpaired) electrons. The fourth-order valence-corrected chi connectivity index (χ4v) is 1.85. The zero-order valence-corrected chi connectivity index (χ0v) is 11.1. The molecule has 0 spiro atoms. The third-order valence-corrected chi connectivity index (χ3v) is 2.91. The molecular weight excluding hydrogens is 271 g/mol. The summed E-state index contributed by atoms with van der Waals surface area (Å²) in [7, 11) is 0. The average Bonchev–Trinajstić information content (AvgIpc) is 2.34. The molecule has 2 aromatic carbocycles. The van der Waals surface area contributed by atoms with Crippen LogP contribution in [0.2, 0.25) is 5.02 Å². The normalized spacial score (nSPS) is 10.2. The summed E-state index contributed by atoms with van der Waals surface area (Å²) >= 11 is 11.3. The predicted octanol–water partition coefficient (Wildman–Crippen LogP) is 4.82. The first-order valence-corrected chi connectivity index (χ1v) is 6.06. The molecule has 0 saturated heterocycles. The Morgan fingerprint density at radius 1 is 1.11 bits per heavy atom. The van der Waals surface area contributed by atoms with Crippen LogP contribution in [0.15, 0.2) is 42.5 Å². The van der Waals surface area contributed by atoms with Gasteiger partial charge in [-0.15, -0.1) is 0 Å². The van der Waals surface area contributed by atoms with Crippen molar-refractivity contribution < 1.29 is 9.53 Å². The lowest BCUT2D eigenvalue weighted by Gasteiger charge is -2.11. The van der Waals surface area contributed by atoms with E-state index < -0.39 is 5.24 Å². The Labute approximate surface area is 115 Å². The van der Waals surface area contributed by atoms with Gasteiger partial charge in [-0.25, -0.2) is 0 Å². The van der Waals surface area contributed by atoms with E-state index in [0.717, 1.165) is 5.56 Å². The van der Waals surface area contributed by atoms with E-state index in [-0.39, 0.29) is 5.56 Å². The van der Waals surface area contributed by atoms with Crippen LogP contribution in [0.25, 0.3) is 0 Å². The Bertz CT molecular complexity index is 594. The Hall–Kier alpha value is -1.51. The van der Waals surface area contributed by atoms with E-state index in [1.807, 2.05) is 31.2 Å². The number of aryl methyl sites for hydroxylation is 1. The highest BCUT2D eigenvalue weighted by Crippen LogP contribution is 2.30. The summed E-state index contributed by atoms with van der Waals surface area (Å²) in [4.78, 5) is 11.3. The second-order valence-corrected chi connectivity index (χ2v) is 4.56. The fourth-order valence-electron chi connectivity index (χ4n) is 1.53. The van der Waals surface area contributed by atoms with Crippen molar-refractivity contribution in [2.24, 2.45) is 0 Å². The van der Waals surface area contributed by atoms with Crippen LogP contribution in [0.3, 0.4) is 0 Å². The van der Waals surface area contributed by atoms with Crippen LogP contribution in [0.1, 0.15) is 15.9 Å². The number of hydrogen-bond acceptors (Lipinski definition) is 2. The third-order valence-electron chi connectivity index (χ3n) is 2.47. The summed E-state index contributed by atoms with van der Waals surface area (Å²) < 4.78 is 5.69. The van der Waals surface area contributed by atoms with Crippen molar-refractivity contribution in [1.82, 2.24) is 0 Å². The molecule has 0 saturated carbocycles. The number of rotatable bonds is 3. The first-order chi connectivity index (χ1) is 8.58. The number of ether oxygens (including phenoxy) is 1. The molecule has 0 heterocycles. The summed E-state index contributed by atoms with van der Waals surface area (Å²) in [6.07, 6.45) is 0. The van der Waals surface area contributed by atoms with Crippen molar-refractivity contribution in [3.63, 3.8) is 0 Å². The van der Waals surface area contributed by atoms with Gasteiger partial charge in [0.15, 0.2) is 0 Å². The minimum absolute atomic E-state index is 0.257. The maximum atomic E-state index is 11.3. The van der Waals surface area contributed by atoms with Crippen LogP contribution in [-0.4, -0.2) is 5.24 Å². The van der Waals surface area contributed by atoms with Crippen LogP contribution in [0.5, 0.6) is 11.5 Å². The van der Waals surface area contributed by atoms with E-state index in [2.05, 4.69) is 0 Å². The minimum atomic E-state index is -0.596. The quantitative estimate of drug-likeness (QED) is 0.754. The van der Waals surface area contributed by atoms with Gasteiger partial charge in [0.2, 0.25) is 0 Å². The maximum Gasteiger partial charge on any atom is 0.256 e. The molecule has 18 heavy (non-hydrogen) atoms. The number of benzene rings is 2. The molecule has 0 fully saturated rings. The smallest absolute Gasteiger partial charge is 0.256 e. The van der Waals surface area contributed by atoms with E-state index in [4.69, 9.17) is 27.9 Å². The summed E-state index contributed by atoms with van der Waals surface area (Å²) in [6.45, 7) is 1.92. The van der Waals surface area contributed by atoms with Crippen molar-refractivity contribution in [2.45, 2.75) is 6.92 Å². The molecule has 0 bridgehead atoms. The molecule has 4 heteroatoms. The van der Waals surface area contributed by atoms with Crippen LogP contribution < -0.4 is 4.74 Å². The fraction of sp³-hybridized carbons (Fsp3) is 0.0714. The number of carbonyl (C=O) groups is 1. The molecule has 0 amide bonds. The highest BCUT2D eigenvalue weighted by atomic mass is 35.5. The SMILES string of the molecule is Cc1ccccc1Oc1ccc(Cl)cc1C(=O)Cl. The largest absolute Gasteiger partial charge is 0.456 e. The Balaban J connectivity index is 2.41. The zero-order valence-electron chi connectivity index (χ0n) is 9.61.